The van der Waals surface area contributed by atoms with E-state index in [0.717, 1.165) is 12.8 Å². The number of hydrogen-bond donors (Lipinski definition) is 1. The van der Waals surface area contributed by atoms with Gasteiger partial charge in [0, 0.05) is 6.54 Å². The molecule has 0 aliphatic rings. The lowest BCUT2D eigenvalue weighted by Gasteiger charge is -2.06. The average Bonchev–Trinajstić information content (AvgIpc) is 2.81. The third-order valence-electron chi connectivity index (χ3n) is 2.79. The Morgan fingerprint density at radius 3 is 2.94 bits per heavy atom. The molecule has 2 rings (SSSR count). The van der Waals surface area contributed by atoms with E-state index < -0.39 is 0 Å². The summed E-state index contributed by atoms with van der Waals surface area (Å²) < 4.78 is 15.6. The molecule has 5 nitrogen and oxygen atoms in total. The lowest BCUT2D eigenvalue weighted by Crippen LogP contribution is -2.07. The first-order valence-corrected chi connectivity index (χ1v) is 5.95. The van der Waals surface area contributed by atoms with Gasteiger partial charge in [-0.1, -0.05) is 12.1 Å². The first-order valence-electron chi connectivity index (χ1n) is 5.95. The van der Waals surface area contributed by atoms with Gasteiger partial charge in [-0.15, -0.1) is 5.10 Å². The minimum atomic E-state index is -0.271. The molecular weight excluding hydrogens is 233 g/mol. The van der Waals surface area contributed by atoms with Crippen LogP contribution in [0.15, 0.2) is 18.2 Å². The molecule has 0 aliphatic heterocycles. The molecule has 2 N–H and O–H groups in total. The van der Waals surface area contributed by atoms with Gasteiger partial charge in [-0.3, -0.25) is 0 Å². The van der Waals surface area contributed by atoms with Crippen molar-refractivity contribution in [3.8, 4) is 11.4 Å². The highest BCUT2D eigenvalue weighted by Gasteiger charge is 2.14. The summed E-state index contributed by atoms with van der Waals surface area (Å²) in [6.45, 7) is 3.00. The molecular formula is C12H16FN5. The summed E-state index contributed by atoms with van der Waals surface area (Å²) in [5.74, 6) is 0.195. The number of halogens is 1. The standard InChI is InChI=1S/C12H16FN5/c1-9-5-4-6-10(11(9)13)12-15-16-17-18(12)8-3-2-7-14/h4-6H,2-3,7-8,14H2,1H3. The Hall–Kier alpha value is -1.82. The quantitative estimate of drug-likeness (QED) is 0.816. The zero-order valence-electron chi connectivity index (χ0n) is 10.3. The maximum absolute atomic E-state index is 14.0. The molecule has 0 spiro atoms. The fraction of sp³-hybridized carbons (Fsp3) is 0.417. The number of aryl methyl sites for hydroxylation is 2. The number of unbranched alkanes of at least 4 members (excludes halogenated alkanes) is 1. The van der Waals surface area contributed by atoms with Gasteiger partial charge in [0.25, 0.3) is 0 Å². The summed E-state index contributed by atoms with van der Waals surface area (Å²) >= 11 is 0. The smallest absolute Gasteiger partial charge is 0.184 e. The van der Waals surface area contributed by atoms with E-state index in [2.05, 4.69) is 15.5 Å². The molecule has 18 heavy (non-hydrogen) atoms. The molecule has 0 radical (unpaired) electrons. The van der Waals surface area contributed by atoms with Crippen LogP contribution in [0.5, 0.6) is 0 Å². The number of nitrogens with zero attached hydrogens (tertiary/aromatic N) is 4. The van der Waals surface area contributed by atoms with Gasteiger partial charge >= 0.3 is 0 Å². The molecule has 96 valence electrons. The number of tetrazole rings is 1. The molecule has 1 aromatic carbocycles. The van der Waals surface area contributed by atoms with Gasteiger partial charge in [0.2, 0.25) is 0 Å². The molecule has 0 bridgehead atoms. The summed E-state index contributed by atoms with van der Waals surface area (Å²) in [7, 11) is 0. The SMILES string of the molecule is Cc1cccc(-c2nnnn2CCCCN)c1F. The van der Waals surface area contributed by atoms with E-state index in [0.29, 0.717) is 30.0 Å². The van der Waals surface area contributed by atoms with Crippen molar-refractivity contribution in [3.05, 3.63) is 29.6 Å². The van der Waals surface area contributed by atoms with Crippen molar-refractivity contribution in [2.45, 2.75) is 26.3 Å². The van der Waals surface area contributed by atoms with E-state index in [4.69, 9.17) is 5.73 Å². The molecule has 0 saturated heterocycles. The first kappa shape index (κ1) is 12.6. The maximum Gasteiger partial charge on any atom is 0.184 e. The molecule has 0 atom stereocenters. The predicted octanol–water partition coefficient (Wildman–Crippen LogP) is 1.53. The van der Waals surface area contributed by atoms with Crippen molar-refractivity contribution in [1.29, 1.82) is 0 Å². The van der Waals surface area contributed by atoms with Crippen LogP contribution in [0.2, 0.25) is 0 Å². The van der Waals surface area contributed by atoms with Crippen molar-refractivity contribution >= 4 is 0 Å². The fourth-order valence-electron chi connectivity index (χ4n) is 1.77. The van der Waals surface area contributed by atoms with Gasteiger partial charge in [0.15, 0.2) is 5.82 Å². The van der Waals surface area contributed by atoms with Crippen LogP contribution in [0.1, 0.15) is 18.4 Å². The molecule has 0 aliphatic carbocycles. The number of rotatable bonds is 5. The molecule has 0 saturated carbocycles. The minimum absolute atomic E-state index is 0.271. The Balaban J connectivity index is 2.28. The van der Waals surface area contributed by atoms with E-state index in [1.54, 1.807) is 29.8 Å². The van der Waals surface area contributed by atoms with Crippen molar-refractivity contribution in [2.24, 2.45) is 5.73 Å². The lowest BCUT2D eigenvalue weighted by atomic mass is 10.1. The molecule has 0 unspecified atom stereocenters. The predicted molar refractivity (Wildman–Crippen MR) is 66.2 cm³/mol. The highest BCUT2D eigenvalue weighted by molar-refractivity contribution is 5.56. The zero-order chi connectivity index (χ0) is 13.0. The number of hydrogen-bond acceptors (Lipinski definition) is 4. The maximum atomic E-state index is 14.0. The normalized spacial score (nSPS) is 10.8. The summed E-state index contributed by atoms with van der Waals surface area (Å²) in [4.78, 5) is 0. The van der Waals surface area contributed by atoms with Gasteiger partial charge < -0.3 is 5.73 Å². The topological polar surface area (TPSA) is 69.6 Å². The van der Waals surface area contributed by atoms with Crippen LogP contribution in [0.4, 0.5) is 4.39 Å². The average molecular weight is 249 g/mol. The Labute approximate surface area is 105 Å². The van der Waals surface area contributed by atoms with Gasteiger partial charge in [-0.05, 0) is 48.4 Å². The van der Waals surface area contributed by atoms with Gasteiger partial charge in [0.1, 0.15) is 5.82 Å². The number of benzene rings is 1. The second-order valence-electron chi connectivity index (χ2n) is 4.16. The van der Waals surface area contributed by atoms with E-state index >= 15 is 0 Å². The summed E-state index contributed by atoms with van der Waals surface area (Å²) in [6.07, 6.45) is 1.78. The van der Waals surface area contributed by atoms with Gasteiger partial charge in [0.05, 0.1) is 5.56 Å². The summed E-state index contributed by atoms with van der Waals surface area (Å²) in [5, 5.41) is 11.4. The van der Waals surface area contributed by atoms with Crippen molar-refractivity contribution < 1.29 is 4.39 Å². The van der Waals surface area contributed by atoms with Crippen molar-refractivity contribution in [1.82, 2.24) is 20.2 Å². The van der Waals surface area contributed by atoms with Crippen LogP contribution >= 0.6 is 0 Å². The Kier molecular flexibility index (Phi) is 3.99. The minimum Gasteiger partial charge on any atom is -0.330 e. The van der Waals surface area contributed by atoms with Crippen LogP contribution in [0.3, 0.4) is 0 Å². The Morgan fingerprint density at radius 2 is 2.17 bits per heavy atom. The molecule has 0 amide bonds. The third-order valence-corrected chi connectivity index (χ3v) is 2.79. The monoisotopic (exact) mass is 249 g/mol. The van der Waals surface area contributed by atoms with Gasteiger partial charge in [-0.25, -0.2) is 9.07 Å². The lowest BCUT2D eigenvalue weighted by molar-refractivity contribution is 0.545. The van der Waals surface area contributed by atoms with E-state index in [9.17, 15) is 4.39 Å². The highest BCUT2D eigenvalue weighted by Crippen LogP contribution is 2.22. The second kappa shape index (κ2) is 5.68. The number of aromatic nitrogens is 4. The van der Waals surface area contributed by atoms with Crippen LogP contribution in [-0.2, 0) is 6.54 Å². The van der Waals surface area contributed by atoms with Crippen molar-refractivity contribution in [2.75, 3.05) is 6.54 Å². The van der Waals surface area contributed by atoms with Crippen molar-refractivity contribution in [3.63, 3.8) is 0 Å². The fourth-order valence-corrected chi connectivity index (χ4v) is 1.77. The van der Waals surface area contributed by atoms with Gasteiger partial charge in [-0.2, -0.15) is 0 Å². The van der Waals surface area contributed by atoms with Crippen LogP contribution < -0.4 is 5.73 Å². The number of nitrogens with two attached hydrogens (primary N) is 1. The second-order valence-corrected chi connectivity index (χ2v) is 4.16. The first-order chi connectivity index (χ1) is 8.74. The van der Waals surface area contributed by atoms with E-state index in [1.165, 1.54) is 0 Å². The van der Waals surface area contributed by atoms with E-state index in [1.807, 2.05) is 0 Å². The van der Waals surface area contributed by atoms with Crippen LogP contribution in [-0.4, -0.2) is 26.8 Å². The largest absolute Gasteiger partial charge is 0.330 e. The van der Waals surface area contributed by atoms with Crippen LogP contribution in [0.25, 0.3) is 11.4 Å². The summed E-state index contributed by atoms with van der Waals surface area (Å²) in [5.41, 5.74) is 6.46. The van der Waals surface area contributed by atoms with E-state index in [-0.39, 0.29) is 5.82 Å². The zero-order valence-corrected chi connectivity index (χ0v) is 10.3. The Morgan fingerprint density at radius 1 is 1.33 bits per heavy atom. The Bertz CT molecular complexity index is 523. The molecule has 2 aromatic rings. The summed E-state index contributed by atoms with van der Waals surface area (Å²) in [6, 6.07) is 5.21. The third kappa shape index (κ3) is 2.53. The molecule has 1 aromatic heterocycles. The molecule has 1 heterocycles. The molecule has 6 heteroatoms. The highest BCUT2D eigenvalue weighted by atomic mass is 19.1. The van der Waals surface area contributed by atoms with Crippen LogP contribution in [0, 0.1) is 12.7 Å². The molecule has 0 fully saturated rings.